The van der Waals surface area contributed by atoms with Crippen molar-refractivity contribution in [3.05, 3.63) is 70.8 Å². The number of methoxy groups -OCH3 is 2. The van der Waals surface area contributed by atoms with E-state index < -0.39 is 33.9 Å². The van der Waals surface area contributed by atoms with E-state index in [2.05, 4.69) is 0 Å². The zero-order chi connectivity index (χ0) is 26.8. The molecule has 194 valence electrons. The lowest BCUT2D eigenvalue weighted by Crippen LogP contribution is -2.26. The van der Waals surface area contributed by atoms with Gasteiger partial charge in [-0.2, -0.15) is 16.8 Å². The first-order valence-corrected chi connectivity index (χ1v) is 15.2. The Kier molecular flexibility index (Phi) is 8.48. The third-order valence-electron chi connectivity index (χ3n) is 5.69. The second-order valence-corrected chi connectivity index (χ2v) is 13.5. The molecule has 3 rings (SSSR count). The molecule has 0 saturated carbocycles. The fourth-order valence-electron chi connectivity index (χ4n) is 3.91. The lowest BCUT2D eigenvalue weighted by Gasteiger charge is -2.26. The van der Waals surface area contributed by atoms with Crippen molar-refractivity contribution in [2.24, 2.45) is 0 Å². The van der Waals surface area contributed by atoms with E-state index in [1.54, 1.807) is 31.2 Å². The normalized spacial score (nSPS) is 12.9. The first-order chi connectivity index (χ1) is 16.8. The summed E-state index contributed by atoms with van der Waals surface area (Å²) in [7, 11) is -5.84. The molecule has 36 heavy (non-hydrogen) atoms. The molecule has 0 aromatic heterocycles. The number of benzene rings is 3. The van der Waals surface area contributed by atoms with E-state index in [1.165, 1.54) is 14.2 Å². The molecule has 0 heterocycles. The third kappa shape index (κ3) is 6.07. The van der Waals surface area contributed by atoms with Gasteiger partial charge in [-0.05, 0) is 80.3 Å². The Morgan fingerprint density at radius 2 is 1.44 bits per heavy atom. The second-order valence-electron chi connectivity index (χ2n) is 8.26. The summed E-state index contributed by atoms with van der Waals surface area (Å²) in [6.45, 7) is 5.55. The molecule has 3 aromatic rings. The number of ether oxygens (including phenoxy) is 2. The van der Waals surface area contributed by atoms with Crippen molar-refractivity contribution in [3.8, 4) is 11.5 Å². The lowest BCUT2D eigenvalue weighted by molar-refractivity contribution is 0.378. The van der Waals surface area contributed by atoms with Crippen LogP contribution in [0, 0.1) is 20.8 Å². The maximum absolute atomic E-state index is 12.8. The van der Waals surface area contributed by atoms with E-state index in [4.69, 9.17) is 13.7 Å². The summed E-state index contributed by atoms with van der Waals surface area (Å²) >= 11 is 0. The summed E-state index contributed by atoms with van der Waals surface area (Å²) in [4.78, 5) is -0.113. The number of rotatable bonds is 9. The van der Waals surface area contributed by atoms with Crippen LogP contribution in [0.25, 0.3) is 0 Å². The molecule has 3 aromatic carbocycles. The van der Waals surface area contributed by atoms with E-state index >= 15 is 0 Å². The Balaban J connectivity index is 2.44. The van der Waals surface area contributed by atoms with E-state index in [-0.39, 0.29) is 10.6 Å². The van der Waals surface area contributed by atoms with Crippen molar-refractivity contribution >= 4 is 44.1 Å². The first-order valence-electron chi connectivity index (χ1n) is 10.8. The standard InChI is InChI=1S/C25H29O8PS2/c1-16-8-7-9-20(10-16)34(23-14-25(36(29,30)33-6)22(32-5)12-18(23)3)24-13-19(15-35(26,27)28)17(2)11-21(24)31-4/h7-14H,15H2,1-6H3,(H,26,27,28). The highest BCUT2D eigenvalue weighted by Gasteiger charge is 2.28. The number of hydrogen-bond acceptors (Lipinski definition) is 7. The van der Waals surface area contributed by atoms with Gasteiger partial charge in [-0.15, -0.1) is 0 Å². The summed E-state index contributed by atoms with van der Waals surface area (Å²) in [5.74, 6) is 0.114. The van der Waals surface area contributed by atoms with Crippen LogP contribution in [-0.4, -0.2) is 42.7 Å². The topological polar surface area (TPSA) is 116 Å². The Morgan fingerprint density at radius 1 is 0.806 bits per heavy atom. The van der Waals surface area contributed by atoms with Crippen LogP contribution in [0.2, 0.25) is 0 Å². The molecule has 1 atom stereocenters. The van der Waals surface area contributed by atoms with Gasteiger partial charge in [-0.3, -0.25) is 8.74 Å². The van der Waals surface area contributed by atoms with E-state index in [0.29, 0.717) is 27.5 Å². The minimum absolute atomic E-state index is 0.113. The van der Waals surface area contributed by atoms with Crippen LogP contribution < -0.4 is 25.4 Å². The van der Waals surface area contributed by atoms with E-state index in [1.807, 2.05) is 38.1 Å². The number of hydrogen-bond donors (Lipinski definition) is 1. The summed E-state index contributed by atoms with van der Waals surface area (Å²) in [6, 6.07) is 14.4. The molecule has 0 aliphatic rings. The quantitative estimate of drug-likeness (QED) is 0.245. The molecule has 8 nitrogen and oxygen atoms in total. The van der Waals surface area contributed by atoms with Gasteiger partial charge in [0.2, 0.25) is 0 Å². The molecular formula is C25H29O8PS2. The molecular weight excluding hydrogens is 523 g/mol. The first kappa shape index (κ1) is 28.1. The second kappa shape index (κ2) is 10.9. The van der Waals surface area contributed by atoms with Crippen LogP contribution in [0.1, 0.15) is 22.3 Å². The highest BCUT2D eigenvalue weighted by molar-refractivity contribution is 7.87. The van der Waals surface area contributed by atoms with Gasteiger partial charge in [0, 0.05) is 5.30 Å². The van der Waals surface area contributed by atoms with Crippen LogP contribution in [0.15, 0.2) is 53.4 Å². The maximum atomic E-state index is 12.8. The zero-order valence-electron chi connectivity index (χ0n) is 20.9. The van der Waals surface area contributed by atoms with Crippen molar-refractivity contribution in [2.75, 3.05) is 21.3 Å². The SMILES string of the molecule is COc1cc(C)c(CS(=O)(=O)O)cc1P(c1cccc(C)c1)c1cc(S(=O)(=O)OC)c(OC)cc1C. The van der Waals surface area contributed by atoms with Gasteiger partial charge in [-0.25, -0.2) is 0 Å². The van der Waals surface area contributed by atoms with Crippen LogP contribution in [0.3, 0.4) is 0 Å². The molecule has 11 heteroatoms. The van der Waals surface area contributed by atoms with Crippen molar-refractivity contribution in [2.45, 2.75) is 31.4 Å². The average molecular weight is 553 g/mol. The minimum atomic E-state index is -4.29. The van der Waals surface area contributed by atoms with Gasteiger partial charge in [0.05, 0.1) is 21.3 Å². The summed E-state index contributed by atoms with van der Waals surface area (Å²) in [5.41, 5.74) is 2.83. The van der Waals surface area contributed by atoms with Gasteiger partial charge in [0.15, 0.2) is 0 Å². The van der Waals surface area contributed by atoms with Crippen molar-refractivity contribution in [1.29, 1.82) is 0 Å². The van der Waals surface area contributed by atoms with Crippen LogP contribution >= 0.6 is 7.92 Å². The van der Waals surface area contributed by atoms with Gasteiger partial charge in [-0.1, -0.05) is 29.8 Å². The van der Waals surface area contributed by atoms with Gasteiger partial charge >= 0.3 is 0 Å². The lowest BCUT2D eigenvalue weighted by atomic mass is 10.1. The Labute approximate surface area is 213 Å². The molecule has 1 unspecified atom stereocenters. The summed E-state index contributed by atoms with van der Waals surface area (Å²) < 4.78 is 74.3. The third-order valence-corrected chi connectivity index (χ3v) is 10.2. The molecule has 0 fully saturated rings. The van der Waals surface area contributed by atoms with Crippen molar-refractivity contribution < 1.29 is 35.0 Å². The molecule has 0 spiro atoms. The summed E-state index contributed by atoms with van der Waals surface area (Å²) in [5, 5.41) is 2.28. The van der Waals surface area contributed by atoms with Crippen LogP contribution in [-0.2, 0) is 30.2 Å². The van der Waals surface area contributed by atoms with E-state index in [9.17, 15) is 21.4 Å². The van der Waals surface area contributed by atoms with Gasteiger partial charge < -0.3 is 9.47 Å². The predicted molar refractivity (Wildman–Crippen MR) is 142 cm³/mol. The van der Waals surface area contributed by atoms with Gasteiger partial charge in [0.1, 0.15) is 22.1 Å². The van der Waals surface area contributed by atoms with Crippen LogP contribution in [0.5, 0.6) is 11.5 Å². The molecule has 0 aliphatic carbocycles. The smallest absolute Gasteiger partial charge is 0.300 e. The molecule has 1 N–H and O–H groups in total. The Bertz CT molecular complexity index is 1500. The molecule has 0 bridgehead atoms. The molecule has 0 radical (unpaired) electrons. The Morgan fingerprint density at radius 3 is 2.00 bits per heavy atom. The molecule has 0 amide bonds. The summed E-state index contributed by atoms with van der Waals surface area (Å²) in [6.07, 6.45) is 0. The highest BCUT2D eigenvalue weighted by Crippen LogP contribution is 2.41. The Hall–Kier alpha value is -2.49. The fourth-order valence-corrected chi connectivity index (χ4v) is 8.26. The minimum Gasteiger partial charge on any atom is -0.496 e. The average Bonchev–Trinajstić information content (AvgIpc) is 2.80. The zero-order valence-corrected chi connectivity index (χ0v) is 23.4. The van der Waals surface area contributed by atoms with Gasteiger partial charge in [0.25, 0.3) is 20.2 Å². The van der Waals surface area contributed by atoms with Crippen molar-refractivity contribution in [3.63, 3.8) is 0 Å². The highest BCUT2D eigenvalue weighted by atomic mass is 32.2. The molecule has 0 aliphatic heterocycles. The number of aryl methyl sites for hydroxylation is 3. The monoisotopic (exact) mass is 552 g/mol. The predicted octanol–water partition coefficient (Wildman–Crippen LogP) is 3.11. The van der Waals surface area contributed by atoms with Crippen molar-refractivity contribution in [1.82, 2.24) is 0 Å². The van der Waals surface area contributed by atoms with E-state index in [0.717, 1.165) is 23.5 Å². The van der Waals surface area contributed by atoms with Crippen LogP contribution in [0.4, 0.5) is 0 Å². The largest absolute Gasteiger partial charge is 0.496 e. The molecule has 0 saturated heterocycles. The fraction of sp³-hybridized carbons (Fsp3) is 0.280. The maximum Gasteiger partial charge on any atom is 0.300 e.